The third-order valence-electron chi connectivity index (χ3n) is 6.68. The standard InChI is InChI=1S/C27H26N4S/c1-17-15-22(19(3)31(17)24-13-8-10-20-9-4-5-11-21(20)24)26-25(23-12-6-7-14-28-23)29-27-30(26)16-18(2)32-27/h4-15,18,25-26H,16H2,1-3H3/t18-,25+,26+/m0/s1. The highest BCUT2D eigenvalue weighted by Gasteiger charge is 2.44. The maximum atomic E-state index is 5.17. The van der Waals surface area contributed by atoms with Crippen molar-refractivity contribution in [2.45, 2.75) is 38.1 Å². The highest BCUT2D eigenvalue weighted by atomic mass is 32.2. The van der Waals surface area contributed by atoms with Crippen LogP contribution in [0.2, 0.25) is 0 Å². The molecule has 0 spiro atoms. The van der Waals surface area contributed by atoms with E-state index in [1.807, 2.05) is 24.0 Å². The predicted molar refractivity (Wildman–Crippen MR) is 134 cm³/mol. The van der Waals surface area contributed by atoms with Crippen LogP contribution in [0.15, 0.2) is 77.9 Å². The minimum Gasteiger partial charge on any atom is -0.341 e. The quantitative estimate of drug-likeness (QED) is 0.380. The zero-order valence-electron chi connectivity index (χ0n) is 18.6. The number of aromatic nitrogens is 2. The van der Waals surface area contributed by atoms with Gasteiger partial charge in [0.25, 0.3) is 0 Å². The average Bonchev–Trinajstić information content (AvgIpc) is 3.43. The van der Waals surface area contributed by atoms with Crippen LogP contribution in [0.3, 0.4) is 0 Å². The van der Waals surface area contributed by atoms with Gasteiger partial charge in [-0.3, -0.25) is 9.98 Å². The van der Waals surface area contributed by atoms with Gasteiger partial charge < -0.3 is 9.47 Å². The highest BCUT2D eigenvalue weighted by Crippen LogP contribution is 2.49. The second-order valence-electron chi connectivity index (χ2n) is 8.80. The number of amidine groups is 1. The molecule has 160 valence electrons. The van der Waals surface area contributed by atoms with E-state index in [1.165, 1.54) is 33.4 Å². The maximum Gasteiger partial charge on any atom is 0.160 e. The third-order valence-corrected chi connectivity index (χ3v) is 7.78. The number of fused-ring (bicyclic) bond motifs is 2. The zero-order chi connectivity index (χ0) is 21.8. The van der Waals surface area contributed by atoms with Crippen LogP contribution in [0.25, 0.3) is 16.5 Å². The van der Waals surface area contributed by atoms with Gasteiger partial charge in [-0.2, -0.15) is 0 Å². The van der Waals surface area contributed by atoms with Crippen molar-refractivity contribution in [3.05, 3.63) is 95.6 Å². The number of aliphatic imine (C=N–C) groups is 1. The average molecular weight is 439 g/mol. The second-order valence-corrected chi connectivity index (χ2v) is 10.2. The van der Waals surface area contributed by atoms with Crippen LogP contribution in [0.5, 0.6) is 0 Å². The Hall–Kier alpha value is -3.05. The van der Waals surface area contributed by atoms with Crippen LogP contribution in [0, 0.1) is 13.8 Å². The van der Waals surface area contributed by atoms with E-state index in [9.17, 15) is 0 Å². The summed E-state index contributed by atoms with van der Waals surface area (Å²) in [5, 5.41) is 4.26. The lowest BCUT2D eigenvalue weighted by molar-refractivity contribution is 0.320. The van der Waals surface area contributed by atoms with Gasteiger partial charge in [-0.25, -0.2) is 0 Å². The highest BCUT2D eigenvalue weighted by molar-refractivity contribution is 8.14. The Morgan fingerprint density at radius 2 is 1.78 bits per heavy atom. The minimum absolute atomic E-state index is 0.0210. The zero-order valence-corrected chi connectivity index (χ0v) is 19.4. The van der Waals surface area contributed by atoms with Crippen molar-refractivity contribution in [2.24, 2.45) is 4.99 Å². The number of rotatable bonds is 3. The number of hydrogen-bond acceptors (Lipinski definition) is 4. The largest absolute Gasteiger partial charge is 0.341 e. The molecule has 2 aromatic heterocycles. The van der Waals surface area contributed by atoms with Crippen molar-refractivity contribution in [1.82, 2.24) is 14.5 Å². The normalized spacial score (nSPS) is 22.4. The van der Waals surface area contributed by atoms with Crippen molar-refractivity contribution >= 4 is 27.7 Å². The summed E-state index contributed by atoms with van der Waals surface area (Å²) in [6, 6.07) is 23.9. The number of hydrogen-bond donors (Lipinski definition) is 0. The summed E-state index contributed by atoms with van der Waals surface area (Å²) < 4.78 is 2.41. The molecule has 4 heterocycles. The molecule has 4 aromatic rings. The van der Waals surface area contributed by atoms with Gasteiger partial charge in [0.15, 0.2) is 5.17 Å². The van der Waals surface area contributed by atoms with Crippen molar-refractivity contribution < 1.29 is 0 Å². The summed E-state index contributed by atoms with van der Waals surface area (Å²) in [6.07, 6.45) is 1.88. The van der Waals surface area contributed by atoms with Gasteiger partial charge in [0, 0.05) is 34.8 Å². The maximum absolute atomic E-state index is 5.17. The Labute approximate surface area is 193 Å². The summed E-state index contributed by atoms with van der Waals surface area (Å²) >= 11 is 1.89. The topological polar surface area (TPSA) is 33.4 Å². The summed E-state index contributed by atoms with van der Waals surface area (Å²) in [6.45, 7) is 7.78. The second kappa shape index (κ2) is 7.52. The molecule has 5 heteroatoms. The fourth-order valence-corrected chi connectivity index (χ4v) is 6.41. The first-order valence-corrected chi connectivity index (χ1v) is 12.1. The summed E-state index contributed by atoms with van der Waals surface area (Å²) in [7, 11) is 0. The van der Waals surface area contributed by atoms with E-state index in [1.54, 1.807) is 0 Å². The third kappa shape index (κ3) is 2.99. The van der Waals surface area contributed by atoms with Crippen LogP contribution in [0.4, 0.5) is 0 Å². The molecule has 6 rings (SSSR count). The summed E-state index contributed by atoms with van der Waals surface area (Å²) in [5.41, 5.74) is 6.16. The number of pyridine rings is 1. The summed E-state index contributed by atoms with van der Waals surface area (Å²) in [5.74, 6) is 0. The van der Waals surface area contributed by atoms with Gasteiger partial charge in [0.1, 0.15) is 6.04 Å². The molecule has 2 aliphatic rings. The number of thioether (sulfide) groups is 1. The van der Waals surface area contributed by atoms with E-state index in [4.69, 9.17) is 9.98 Å². The Bertz CT molecular complexity index is 1340. The Kier molecular flexibility index (Phi) is 4.61. The molecule has 0 saturated carbocycles. The van der Waals surface area contributed by atoms with Gasteiger partial charge in [-0.05, 0) is 49.1 Å². The van der Waals surface area contributed by atoms with Crippen molar-refractivity contribution in [3.8, 4) is 5.69 Å². The minimum atomic E-state index is 0.0210. The molecule has 0 amide bonds. The molecule has 1 saturated heterocycles. The number of benzene rings is 2. The smallest absolute Gasteiger partial charge is 0.160 e. The molecular weight excluding hydrogens is 412 g/mol. The van der Waals surface area contributed by atoms with Crippen molar-refractivity contribution in [2.75, 3.05) is 6.54 Å². The molecule has 0 N–H and O–H groups in total. The van der Waals surface area contributed by atoms with Crippen molar-refractivity contribution in [3.63, 3.8) is 0 Å². The fourth-order valence-electron chi connectivity index (χ4n) is 5.31. The van der Waals surface area contributed by atoms with E-state index in [0.717, 1.165) is 17.4 Å². The van der Waals surface area contributed by atoms with Gasteiger partial charge >= 0.3 is 0 Å². The molecule has 3 atom stereocenters. The van der Waals surface area contributed by atoms with Gasteiger partial charge in [-0.1, -0.05) is 61.2 Å². The molecule has 1 fully saturated rings. The van der Waals surface area contributed by atoms with E-state index in [2.05, 4.69) is 90.9 Å². The lowest BCUT2D eigenvalue weighted by Gasteiger charge is -2.27. The lowest BCUT2D eigenvalue weighted by Crippen LogP contribution is -2.28. The van der Waals surface area contributed by atoms with Gasteiger partial charge in [-0.15, -0.1) is 0 Å². The predicted octanol–water partition coefficient (Wildman–Crippen LogP) is 6.23. The lowest BCUT2D eigenvalue weighted by atomic mass is 9.96. The number of nitrogens with zero attached hydrogens (tertiary/aromatic N) is 4. The molecular formula is C27H26N4S. The number of aryl methyl sites for hydroxylation is 1. The molecule has 0 radical (unpaired) electrons. The van der Waals surface area contributed by atoms with Crippen LogP contribution in [-0.4, -0.2) is 31.4 Å². The first-order chi connectivity index (χ1) is 15.6. The molecule has 2 aliphatic heterocycles. The van der Waals surface area contributed by atoms with Crippen molar-refractivity contribution in [1.29, 1.82) is 0 Å². The molecule has 4 nitrogen and oxygen atoms in total. The van der Waals surface area contributed by atoms with Crippen LogP contribution < -0.4 is 0 Å². The molecule has 2 aromatic carbocycles. The van der Waals surface area contributed by atoms with Gasteiger partial charge in [0.05, 0.1) is 17.4 Å². The molecule has 0 bridgehead atoms. The molecule has 0 unspecified atom stereocenters. The Morgan fingerprint density at radius 3 is 2.62 bits per heavy atom. The van der Waals surface area contributed by atoms with E-state index in [0.29, 0.717) is 5.25 Å². The Morgan fingerprint density at radius 1 is 0.969 bits per heavy atom. The Balaban J connectivity index is 1.51. The fraction of sp³-hybridized carbons (Fsp3) is 0.259. The molecule has 32 heavy (non-hydrogen) atoms. The van der Waals surface area contributed by atoms with Crippen LogP contribution in [0.1, 0.15) is 41.7 Å². The molecule has 0 aliphatic carbocycles. The van der Waals surface area contributed by atoms with E-state index in [-0.39, 0.29) is 12.1 Å². The summed E-state index contributed by atoms with van der Waals surface area (Å²) in [4.78, 5) is 12.4. The first kappa shape index (κ1) is 19.6. The van der Waals surface area contributed by atoms with E-state index >= 15 is 0 Å². The first-order valence-electron chi connectivity index (χ1n) is 11.2. The monoisotopic (exact) mass is 438 g/mol. The van der Waals surface area contributed by atoms with Gasteiger partial charge in [0.2, 0.25) is 0 Å². The van der Waals surface area contributed by atoms with E-state index < -0.39 is 0 Å². The van der Waals surface area contributed by atoms with Crippen LogP contribution >= 0.6 is 11.8 Å². The SMILES string of the molecule is Cc1cc([C@@H]2[C@@H](c3ccccn3)N=C3S[C@@H](C)CN32)c(C)n1-c1cccc2ccccc12. The van der Waals surface area contributed by atoms with Crippen LogP contribution in [-0.2, 0) is 0 Å².